The Labute approximate surface area is 138 Å². The van der Waals surface area contributed by atoms with Crippen molar-refractivity contribution in [1.82, 2.24) is 14.8 Å². The largest absolute Gasteiger partial charge is 0.459 e. The number of benzene rings is 1. The second kappa shape index (κ2) is 5.84. The van der Waals surface area contributed by atoms with Crippen LogP contribution in [0.25, 0.3) is 0 Å². The SMILES string of the molecule is C[C@H]1C[C@@H](c2ccccc2)n2nc(NC(=O)c3ccco3)nc2N1. The third kappa shape index (κ3) is 2.64. The van der Waals surface area contributed by atoms with Crippen molar-refractivity contribution < 1.29 is 9.21 Å². The summed E-state index contributed by atoms with van der Waals surface area (Å²) < 4.78 is 6.91. The van der Waals surface area contributed by atoms with Crippen LogP contribution in [0.2, 0.25) is 0 Å². The normalized spacial score (nSPS) is 19.4. The van der Waals surface area contributed by atoms with Gasteiger partial charge < -0.3 is 9.73 Å². The number of amides is 1. The lowest BCUT2D eigenvalue weighted by molar-refractivity contribution is 0.0995. The number of hydrogen-bond acceptors (Lipinski definition) is 5. The molecule has 0 unspecified atom stereocenters. The fourth-order valence-corrected chi connectivity index (χ4v) is 2.93. The maximum Gasteiger partial charge on any atom is 0.293 e. The van der Waals surface area contributed by atoms with E-state index in [1.807, 2.05) is 22.9 Å². The van der Waals surface area contributed by atoms with E-state index < -0.39 is 0 Å². The molecule has 7 heteroatoms. The van der Waals surface area contributed by atoms with Gasteiger partial charge in [-0.05, 0) is 31.0 Å². The molecule has 0 fully saturated rings. The Morgan fingerprint density at radius 2 is 2.12 bits per heavy atom. The first-order chi connectivity index (χ1) is 11.7. The molecule has 1 amide bonds. The van der Waals surface area contributed by atoms with Crippen molar-refractivity contribution in [2.24, 2.45) is 0 Å². The molecule has 2 aromatic heterocycles. The molecule has 0 aliphatic carbocycles. The number of aromatic nitrogens is 3. The highest BCUT2D eigenvalue weighted by Crippen LogP contribution is 2.31. The van der Waals surface area contributed by atoms with Gasteiger partial charge in [0.15, 0.2) is 5.76 Å². The lowest BCUT2D eigenvalue weighted by Gasteiger charge is -2.29. The summed E-state index contributed by atoms with van der Waals surface area (Å²) in [6.07, 6.45) is 2.35. The highest BCUT2D eigenvalue weighted by atomic mass is 16.3. The van der Waals surface area contributed by atoms with E-state index >= 15 is 0 Å². The standard InChI is InChI=1S/C17H17N5O2/c1-11-10-13(12-6-3-2-4-7-12)22-17(18-11)20-16(21-22)19-15(23)14-8-5-9-24-14/h2-9,11,13H,10H2,1H3,(H2,18,19,20,21,23)/t11-,13-/m0/s1. The summed E-state index contributed by atoms with van der Waals surface area (Å²) in [5, 5.41) is 10.4. The predicted octanol–water partition coefficient (Wildman–Crippen LogP) is 2.92. The van der Waals surface area contributed by atoms with Gasteiger partial charge in [-0.3, -0.25) is 10.1 Å². The van der Waals surface area contributed by atoms with E-state index in [1.54, 1.807) is 12.1 Å². The van der Waals surface area contributed by atoms with Crippen molar-refractivity contribution in [3.63, 3.8) is 0 Å². The van der Waals surface area contributed by atoms with Crippen molar-refractivity contribution in [1.29, 1.82) is 0 Å². The van der Waals surface area contributed by atoms with Gasteiger partial charge in [0.1, 0.15) is 0 Å². The number of furan rings is 1. The van der Waals surface area contributed by atoms with E-state index in [1.165, 1.54) is 11.8 Å². The third-order valence-corrected chi connectivity index (χ3v) is 4.03. The van der Waals surface area contributed by atoms with E-state index in [-0.39, 0.29) is 29.7 Å². The number of anilines is 2. The van der Waals surface area contributed by atoms with Crippen LogP contribution in [0, 0.1) is 0 Å². The molecule has 1 aliphatic heterocycles. The molecule has 1 aliphatic rings. The Balaban J connectivity index is 1.63. The lowest BCUT2D eigenvalue weighted by atomic mass is 9.99. The van der Waals surface area contributed by atoms with Crippen molar-refractivity contribution >= 4 is 17.8 Å². The van der Waals surface area contributed by atoms with Gasteiger partial charge in [-0.2, -0.15) is 4.98 Å². The Morgan fingerprint density at radius 3 is 2.88 bits per heavy atom. The minimum Gasteiger partial charge on any atom is -0.459 e. The highest BCUT2D eigenvalue weighted by molar-refractivity contribution is 6.01. The summed E-state index contributed by atoms with van der Waals surface area (Å²) in [7, 11) is 0. The van der Waals surface area contributed by atoms with Gasteiger partial charge in [-0.1, -0.05) is 30.3 Å². The number of rotatable bonds is 3. The molecule has 0 bridgehead atoms. The molecule has 0 saturated carbocycles. The fraction of sp³-hybridized carbons (Fsp3) is 0.235. The number of carbonyl (C=O) groups is 1. The fourth-order valence-electron chi connectivity index (χ4n) is 2.93. The van der Waals surface area contributed by atoms with Gasteiger partial charge in [0.05, 0.1) is 12.3 Å². The minimum atomic E-state index is -0.368. The number of nitrogens with zero attached hydrogens (tertiary/aromatic N) is 3. The van der Waals surface area contributed by atoms with Crippen LogP contribution in [0.15, 0.2) is 53.1 Å². The smallest absolute Gasteiger partial charge is 0.293 e. The Hall–Kier alpha value is -3.09. The van der Waals surface area contributed by atoms with Crippen LogP contribution in [0.5, 0.6) is 0 Å². The first-order valence-corrected chi connectivity index (χ1v) is 7.83. The Bertz CT molecular complexity index is 841. The zero-order valence-corrected chi connectivity index (χ0v) is 13.1. The molecule has 1 aromatic carbocycles. The Morgan fingerprint density at radius 1 is 1.29 bits per heavy atom. The number of hydrogen-bond donors (Lipinski definition) is 2. The predicted molar refractivity (Wildman–Crippen MR) is 89.0 cm³/mol. The maximum absolute atomic E-state index is 12.1. The van der Waals surface area contributed by atoms with Crippen LogP contribution < -0.4 is 10.6 Å². The first-order valence-electron chi connectivity index (χ1n) is 7.83. The summed E-state index contributed by atoms with van der Waals surface area (Å²) >= 11 is 0. The van der Waals surface area contributed by atoms with Crippen molar-refractivity contribution in [3.05, 3.63) is 60.1 Å². The second-order valence-electron chi connectivity index (χ2n) is 5.84. The zero-order valence-electron chi connectivity index (χ0n) is 13.1. The van der Waals surface area contributed by atoms with Crippen molar-refractivity contribution in [2.75, 3.05) is 10.6 Å². The maximum atomic E-state index is 12.1. The summed E-state index contributed by atoms with van der Waals surface area (Å²) in [6.45, 7) is 2.11. The van der Waals surface area contributed by atoms with E-state index in [2.05, 4.69) is 39.8 Å². The number of fused-ring (bicyclic) bond motifs is 1. The van der Waals surface area contributed by atoms with Gasteiger partial charge in [0.2, 0.25) is 5.95 Å². The van der Waals surface area contributed by atoms with Crippen LogP contribution >= 0.6 is 0 Å². The third-order valence-electron chi connectivity index (χ3n) is 4.03. The van der Waals surface area contributed by atoms with E-state index in [0.29, 0.717) is 5.95 Å². The van der Waals surface area contributed by atoms with Crippen molar-refractivity contribution in [2.45, 2.75) is 25.4 Å². The molecule has 24 heavy (non-hydrogen) atoms. The molecule has 2 N–H and O–H groups in total. The highest BCUT2D eigenvalue weighted by Gasteiger charge is 2.28. The molecule has 0 saturated heterocycles. The van der Waals surface area contributed by atoms with Crippen LogP contribution in [0.4, 0.5) is 11.9 Å². The van der Waals surface area contributed by atoms with Crippen LogP contribution in [0.3, 0.4) is 0 Å². The van der Waals surface area contributed by atoms with E-state index in [0.717, 1.165) is 6.42 Å². The van der Waals surface area contributed by atoms with Gasteiger partial charge >= 0.3 is 0 Å². The second-order valence-corrected chi connectivity index (χ2v) is 5.84. The van der Waals surface area contributed by atoms with Gasteiger partial charge in [-0.25, -0.2) is 4.68 Å². The van der Waals surface area contributed by atoms with Gasteiger partial charge in [0, 0.05) is 6.04 Å². The van der Waals surface area contributed by atoms with Crippen LogP contribution in [-0.4, -0.2) is 26.7 Å². The summed E-state index contributed by atoms with van der Waals surface area (Å²) in [4.78, 5) is 16.5. The molecular weight excluding hydrogens is 306 g/mol. The average Bonchev–Trinajstić information content (AvgIpc) is 3.24. The zero-order chi connectivity index (χ0) is 16.5. The summed E-state index contributed by atoms with van der Waals surface area (Å²) in [5.74, 6) is 0.766. The van der Waals surface area contributed by atoms with Gasteiger partial charge in [0.25, 0.3) is 11.9 Å². The van der Waals surface area contributed by atoms with Crippen molar-refractivity contribution in [3.8, 4) is 0 Å². The van der Waals surface area contributed by atoms with Gasteiger partial charge in [-0.15, -0.1) is 5.10 Å². The molecule has 2 atom stereocenters. The van der Waals surface area contributed by atoms with E-state index in [4.69, 9.17) is 4.42 Å². The molecule has 7 nitrogen and oxygen atoms in total. The van der Waals surface area contributed by atoms with Crippen LogP contribution in [-0.2, 0) is 0 Å². The van der Waals surface area contributed by atoms with E-state index in [9.17, 15) is 4.79 Å². The lowest BCUT2D eigenvalue weighted by Crippen LogP contribution is -2.31. The average molecular weight is 323 g/mol. The summed E-state index contributed by atoms with van der Waals surface area (Å²) in [6, 6.07) is 13.8. The number of nitrogens with one attached hydrogen (secondary N) is 2. The molecule has 122 valence electrons. The first kappa shape index (κ1) is 14.5. The minimum absolute atomic E-state index is 0.0826. The Kier molecular flexibility index (Phi) is 3.53. The topological polar surface area (TPSA) is 85.0 Å². The summed E-state index contributed by atoms with van der Waals surface area (Å²) in [5.41, 5.74) is 1.17. The van der Waals surface area contributed by atoms with Crippen LogP contribution in [0.1, 0.15) is 35.5 Å². The molecular formula is C17H17N5O2. The molecule has 3 aromatic rings. The number of carbonyl (C=O) groups excluding carboxylic acids is 1. The quantitative estimate of drug-likeness (QED) is 0.774. The molecule has 4 rings (SSSR count). The molecule has 0 radical (unpaired) electrons. The monoisotopic (exact) mass is 323 g/mol. The molecule has 0 spiro atoms. The molecule has 3 heterocycles.